The molecule has 1 rings (SSSR count). The van der Waals surface area contributed by atoms with Gasteiger partial charge in [-0.05, 0) is 42.3 Å². The van der Waals surface area contributed by atoms with E-state index in [4.69, 9.17) is 11.6 Å². The van der Waals surface area contributed by atoms with Gasteiger partial charge >= 0.3 is 6.18 Å². The van der Waals surface area contributed by atoms with Crippen molar-refractivity contribution in [2.24, 2.45) is 0 Å². The Morgan fingerprint density at radius 3 is 2.29 bits per heavy atom. The number of carbonyl (C=O) groups is 1. The number of halogens is 4. The van der Waals surface area contributed by atoms with Crippen LogP contribution in [0, 0.1) is 6.92 Å². The maximum absolute atomic E-state index is 12.3. The number of hydrogen-bond acceptors (Lipinski definition) is 1. The molecule has 0 N–H and O–H groups in total. The molecule has 0 aromatic heterocycles. The Bertz CT molecular complexity index is 371. The lowest BCUT2D eigenvalue weighted by molar-refractivity contribution is -0.138. The van der Waals surface area contributed by atoms with Gasteiger partial charge in [0.15, 0.2) is 0 Å². The van der Waals surface area contributed by atoms with Crippen LogP contribution in [-0.2, 0) is 6.18 Å². The maximum Gasteiger partial charge on any atom is 0.416 e. The van der Waals surface area contributed by atoms with E-state index in [1.165, 1.54) is 6.92 Å². The fourth-order valence-corrected chi connectivity index (χ4v) is 1.22. The van der Waals surface area contributed by atoms with E-state index in [1.54, 1.807) is 0 Å². The number of rotatable bonds is 1. The summed E-state index contributed by atoms with van der Waals surface area (Å²) in [4.78, 5) is 10.6. The summed E-state index contributed by atoms with van der Waals surface area (Å²) in [5.41, 5.74) is -0.694. The second-order valence-electron chi connectivity index (χ2n) is 2.80. The van der Waals surface area contributed by atoms with Gasteiger partial charge in [-0.3, -0.25) is 4.79 Å². The van der Waals surface area contributed by atoms with Crippen molar-refractivity contribution in [3.05, 3.63) is 34.9 Å². The molecular weight excluding hydrogens is 217 g/mol. The minimum Gasteiger partial charge on any atom is -0.276 e. The van der Waals surface area contributed by atoms with Gasteiger partial charge in [-0.2, -0.15) is 13.2 Å². The third kappa shape index (κ3) is 2.26. The summed E-state index contributed by atoms with van der Waals surface area (Å²) < 4.78 is 36.8. The molecule has 0 bridgehead atoms. The Morgan fingerprint density at radius 1 is 1.36 bits per heavy atom. The number of benzene rings is 1. The van der Waals surface area contributed by atoms with Crippen molar-refractivity contribution >= 4 is 16.8 Å². The van der Waals surface area contributed by atoms with Crippen LogP contribution in [0.2, 0.25) is 0 Å². The normalized spacial score (nSPS) is 11.5. The molecule has 0 heterocycles. The molecule has 1 nitrogen and oxygen atoms in total. The van der Waals surface area contributed by atoms with E-state index in [9.17, 15) is 18.0 Å². The van der Waals surface area contributed by atoms with E-state index in [-0.39, 0.29) is 11.1 Å². The molecule has 14 heavy (non-hydrogen) atoms. The monoisotopic (exact) mass is 222 g/mol. The molecule has 1 aromatic carbocycles. The molecule has 0 amide bonds. The summed E-state index contributed by atoms with van der Waals surface area (Å²) >= 11 is 5.12. The highest BCUT2D eigenvalue weighted by Crippen LogP contribution is 2.32. The summed E-state index contributed by atoms with van der Waals surface area (Å²) in [7, 11) is 0. The average Bonchev–Trinajstić information content (AvgIpc) is 2.01. The van der Waals surface area contributed by atoms with Crippen molar-refractivity contribution in [2.45, 2.75) is 13.1 Å². The molecular formula is C9H6ClF3O. The Balaban J connectivity index is 3.21. The Hall–Kier alpha value is -1.03. The summed E-state index contributed by atoms with van der Waals surface area (Å²) in [5, 5.41) is -0.762. The van der Waals surface area contributed by atoms with Gasteiger partial charge in [0.25, 0.3) is 5.24 Å². The molecule has 1 aromatic rings. The predicted molar refractivity (Wildman–Crippen MR) is 46.4 cm³/mol. The highest BCUT2D eigenvalue weighted by Gasteiger charge is 2.32. The van der Waals surface area contributed by atoms with Crippen molar-refractivity contribution in [2.75, 3.05) is 0 Å². The fourth-order valence-electron chi connectivity index (χ4n) is 1.10. The van der Waals surface area contributed by atoms with Crippen LogP contribution < -0.4 is 0 Å². The molecule has 0 saturated carbocycles. The third-order valence-electron chi connectivity index (χ3n) is 1.76. The van der Waals surface area contributed by atoms with Crippen LogP contribution in [0.15, 0.2) is 18.2 Å². The quantitative estimate of drug-likeness (QED) is 0.666. The smallest absolute Gasteiger partial charge is 0.276 e. The maximum atomic E-state index is 12.3. The largest absolute Gasteiger partial charge is 0.416 e. The van der Waals surface area contributed by atoms with Crippen LogP contribution in [0.5, 0.6) is 0 Å². The van der Waals surface area contributed by atoms with Crippen LogP contribution in [0.25, 0.3) is 0 Å². The van der Waals surface area contributed by atoms with Gasteiger partial charge in [0, 0.05) is 5.56 Å². The van der Waals surface area contributed by atoms with E-state index >= 15 is 0 Å². The Morgan fingerprint density at radius 2 is 1.93 bits per heavy atom. The summed E-state index contributed by atoms with van der Waals surface area (Å²) in [6.45, 7) is 1.28. The molecule has 0 fully saturated rings. The first kappa shape index (κ1) is 11.0. The highest BCUT2D eigenvalue weighted by molar-refractivity contribution is 6.67. The van der Waals surface area contributed by atoms with Crippen molar-refractivity contribution < 1.29 is 18.0 Å². The molecule has 0 aliphatic rings. The Labute approximate surface area is 83.5 Å². The van der Waals surface area contributed by atoms with Gasteiger partial charge in [0.1, 0.15) is 0 Å². The molecule has 0 aliphatic carbocycles. The number of carbonyl (C=O) groups excluding carboxylic acids is 1. The zero-order valence-corrected chi connectivity index (χ0v) is 7.91. The molecule has 0 radical (unpaired) electrons. The lowest BCUT2D eigenvalue weighted by Crippen LogP contribution is -2.08. The average molecular weight is 223 g/mol. The zero-order chi connectivity index (χ0) is 10.9. The number of alkyl halides is 3. The van der Waals surface area contributed by atoms with E-state index in [0.29, 0.717) is 0 Å². The van der Waals surface area contributed by atoms with Crippen molar-refractivity contribution in [3.8, 4) is 0 Å². The van der Waals surface area contributed by atoms with Crippen molar-refractivity contribution in [3.63, 3.8) is 0 Å². The van der Waals surface area contributed by atoms with Gasteiger partial charge in [0.2, 0.25) is 0 Å². The highest BCUT2D eigenvalue weighted by atomic mass is 35.5. The van der Waals surface area contributed by atoms with Gasteiger partial charge in [-0.1, -0.05) is 0 Å². The molecule has 0 aliphatic heterocycles. The van der Waals surface area contributed by atoms with Gasteiger partial charge < -0.3 is 0 Å². The first-order valence-corrected chi connectivity index (χ1v) is 4.08. The van der Waals surface area contributed by atoms with Crippen molar-refractivity contribution in [1.82, 2.24) is 0 Å². The topological polar surface area (TPSA) is 17.1 Å². The van der Waals surface area contributed by atoms with Crippen LogP contribution in [0.3, 0.4) is 0 Å². The molecule has 0 atom stereocenters. The van der Waals surface area contributed by atoms with Gasteiger partial charge in [-0.15, -0.1) is 0 Å². The summed E-state index contributed by atoms with van der Waals surface area (Å²) in [6, 6.07) is 3.04. The number of hydrogen-bond donors (Lipinski definition) is 0. The zero-order valence-electron chi connectivity index (χ0n) is 7.15. The SMILES string of the molecule is Cc1cc(C(=O)Cl)ccc1C(F)(F)F. The van der Waals surface area contributed by atoms with Crippen LogP contribution >= 0.6 is 11.6 Å². The standard InChI is InChI=1S/C9H6ClF3O/c1-5-4-6(8(10)14)2-3-7(5)9(11,12)13/h2-4H,1H3. The second-order valence-corrected chi connectivity index (χ2v) is 3.14. The molecule has 0 spiro atoms. The third-order valence-corrected chi connectivity index (χ3v) is 1.98. The van der Waals surface area contributed by atoms with Gasteiger partial charge in [0.05, 0.1) is 5.56 Å². The molecule has 0 unspecified atom stereocenters. The molecule has 0 saturated heterocycles. The second kappa shape index (κ2) is 3.61. The lowest BCUT2D eigenvalue weighted by atomic mass is 10.1. The van der Waals surface area contributed by atoms with Crippen LogP contribution in [0.4, 0.5) is 13.2 Å². The minimum absolute atomic E-state index is 0.0102. The number of aryl methyl sites for hydroxylation is 1. The predicted octanol–water partition coefficient (Wildman–Crippen LogP) is 3.39. The van der Waals surface area contributed by atoms with Crippen molar-refractivity contribution in [1.29, 1.82) is 0 Å². The fraction of sp³-hybridized carbons (Fsp3) is 0.222. The Kier molecular flexibility index (Phi) is 2.85. The summed E-state index contributed by atoms with van der Waals surface area (Å²) in [5.74, 6) is 0. The first-order valence-electron chi connectivity index (χ1n) is 3.70. The van der Waals surface area contributed by atoms with Crippen LogP contribution in [-0.4, -0.2) is 5.24 Å². The summed E-state index contributed by atoms with van der Waals surface area (Å²) in [6.07, 6.45) is -4.39. The lowest BCUT2D eigenvalue weighted by Gasteiger charge is -2.10. The van der Waals surface area contributed by atoms with Gasteiger partial charge in [-0.25, -0.2) is 0 Å². The van der Waals surface area contributed by atoms with E-state index < -0.39 is 17.0 Å². The van der Waals surface area contributed by atoms with E-state index in [1.807, 2.05) is 0 Å². The first-order chi connectivity index (χ1) is 6.32. The van der Waals surface area contributed by atoms with E-state index in [0.717, 1.165) is 18.2 Å². The molecule has 5 heteroatoms. The van der Waals surface area contributed by atoms with Crippen LogP contribution in [0.1, 0.15) is 21.5 Å². The molecule has 76 valence electrons. The minimum atomic E-state index is -4.39. The van der Waals surface area contributed by atoms with E-state index in [2.05, 4.69) is 0 Å².